The summed E-state index contributed by atoms with van der Waals surface area (Å²) in [7, 11) is -3.13. The van der Waals surface area contributed by atoms with Crippen molar-refractivity contribution in [2.24, 2.45) is 0 Å². The number of hydrogen-bond acceptors (Lipinski definition) is 3. The number of carboxylic acids is 1. The Labute approximate surface area is 112 Å². The van der Waals surface area contributed by atoms with Crippen LogP contribution in [0.3, 0.4) is 0 Å². The van der Waals surface area contributed by atoms with Gasteiger partial charge in [-0.2, -0.15) is 0 Å². The summed E-state index contributed by atoms with van der Waals surface area (Å²) >= 11 is 0. The van der Waals surface area contributed by atoms with Crippen molar-refractivity contribution in [3.05, 3.63) is 24.0 Å². The number of nitrogens with zero attached hydrogens (tertiary/aromatic N) is 2. The zero-order valence-corrected chi connectivity index (χ0v) is 11.6. The minimum atomic E-state index is -3.13. The number of hydrogen-bond donors (Lipinski definition) is 1. The first kappa shape index (κ1) is 14.1. The highest BCUT2D eigenvalue weighted by molar-refractivity contribution is 7.89. The number of aromatic carboxylic acids is 1. The van der Waals surface area contributed by atoms with Gasteiger partial charge in [0.2, 0.25) is 10.0 Å². The number of piperidine rings is 1. The van der Waals surface area contributed by atoms with Gasteiger partial charge in [0.05, 0.1) is 5.75 Å². The topological polar surface area (TPSA) is 79.6 Å². The van der Waals surface area contributed by atoms with Crippen molar-refractivity contribution in [2.75, 3.05) is 18.8 Å². The zero-order valence-electron chi connectivity index (χ0n) is 10.8. The third-order valence-electron chi connectivity index (χ3n) is 3.57. The lowest BCUT2D eigenvalue weighted by Gasteiger charge is -2.32. The summed E-state index contributed by atoms with van der Waals surface area (Å²) in [5.41, 5.74) is 0.261. The van der Waals surface area contributed by atoms with E-state index in [0.717, 1.165) is 0 Å². The Hall–Kier alpha value is -1.34. The Morgan fingerprint density at radius 3 is 2.58 bits per heavy atom. The summed E-state index contributed by atoms with van der Waals surface area (Å²) in [5.74, 6) is -0.838. The van der Waals surface area contributed by atoms with E-state index >= 15 is 0 Å². The first-order valence-corrected chi connectivity index (χ1v) is 7.94. The monoisotopic (exact) mass is 286 g/mol. The molecule has 1 aliphatic rings. The number of carbonyl (C=O) groups is 1. The van der Waals surface area contributed by atoms with Crippen LogP contribution in [0.2, 0.25) is 0 Å². The molecule has 1 saturated heterocycles. The Kier molecular flexibility index (Phi) is 3.96. The number of sulfonamides is 1. The molecule has 19 heavy (non-hydrogen) atoms. The normalized spacial score (nSPS) is 18.6. The summed E-state index contributed by atoms with van der Waals surface area (Å²) in [4.78, 5) is 11.1. The van der Waals surface area contributed by atoms with Crippen LogP contribution in [0, 0.1) is 0 Å². The smallest absolute Gasteiger partial charge is 0.352 e. The molecule has 106 valence electrons. The molecule has 6 nitrogen and oxygen atoms in total. The second kappa shape index (κ2) is 5.34. The molecule has 1 fully saturated rings. The maximum atomic E-state index is 11.7. The molecule has 0 radical (unpaired) electrons. The summed E-state index contributed by atoms with van der Waals surface area (Å²) < 4.78 is 26.7. The highest BCUT2D eigenvalue weighted by atomic mass is 32.2. The molecule has 1 aliphatic heterocycles. The third kappa shape index (κ3) is 2.82. The molecular formula is C12H18N2O4S. The van der Waals surface area contributed by atoms with E-state index in [1.807, 2.05) is 0 Å². The van der Waals surface area contributed by atoms with E-state index in [4.69, 9.17) is 5.11 Å². The highest BCUT2D eigenvalue weighted by Gasteiger charge is 2.28. The van der Waals surface area contributed by atoms with Gasteiger partial charge in [0.1, 0.15) is 5.69 Å². The Balaban J connectivity index is 2.08. The predicted octanol–water partition coefficient (Wildman–Crippen LogP) is 1.17. The maximum absolute atomic E-state index is 11.7. The molecule has 1 N–H and O–H groups in total. The van der Waals surface area contributed by atoms with E-state index in [9.17, 15) is 13.2 Å². The number of carboxylic acid groups (broad SMARTS) is 1. The van der Waals surface area contributed by atoms with Gasteiger partial charge in [-0.25, -0.2) is 17.5 Å². The van der Waals surface area contributed by atoms with Crippen LogP contribution in [-0.4, -0.2) is 47.2 Å². The van der Waals surface area contributed by atoms with E-state index in [0.29, 0.717) is 25.9 Å². The van der Waals surface area contributed by atoms with Crippen LogP contribution in [0.15, 0.2) is 18.3 Å². The molecule has 0 unspecified atom stereocenters. The lowest BCUT2D eigenvalue weighted by Crippen LogP contribution is -2.40. The fourth-order valence-electron chi connectivity index (χ4n) is 2.47. The van der Waals surface area contributed by atoms with E-state index in [1.165, 1.54) is 4.31 Å². The van der Waals surface area contributed by atoms with Crippen molar-refractivity contribution < 1.29 is 18.3 Å². The third-order valence-corrected chi connectivity index (χ3v) is 5.45. The van der Waals surface area contributed by atoms with Crippen LogP contribution < -0.4 is 0 Å². The molecule has 2 rings (SSSR count). The number of rotatable bonds is 4. The first-order chi connectivity index (χ1) is 8.95. The van der Waals surface area contributed by atoms with Gasteiger partial charge in [-0.15, -0.1) is 0 Å². The van der Waals surface area contributed by atoms with Crippen LogP contribution in [-0.2, 0) is 10.0 Å². The van der Waals surface area contributed by atoms with Crippen molar-refractivity contribution >= 4 is 16.0 Å². The Morgan fingerprint density at radius 2 is 2.05 bits per heavy atom. The molecule has 0 aromatic carbocycles. The zero-order chi connectivity index (χ0) is 14.0. The van der Waals surface area contributed by atoms with Gasteiger partial charge in [0.15, 0.2) is 0 Å². The van der Waals surface area contributed by atoms with Crippen LogP contribution in [0.4, 0.5) is 0 Å². The SMILES string of the molecule is CCS(=O)(=O)N1CCC(n2cccc2C(=O)O)CC1. The average molecular weight is 286 g/mol. The van der Waals surface area contributed by atoms with Crippen LogP contribution >= 0.6 is 0 Å². The van der Waals surface area contributed by atoms with E-state index < -0.39 is 16.0 Å². The molecule has 0 bridgehead atoms. The highest BCUT2D eigenvalue weighted by Crippen LogP contribution is 2.26. The van der Waals surface area contributed by atoms with Crippen LogP contribution in [0.1, 0.15) is 36.3 Å². The molecule has 0 spiro atoms. The summed E-state index contributed by atoms with van der Waals surface area (Å²) in [6, 6.07) is 3.33. The maximum Gasteiger partial charge on any atom is 0.352 e. The standard InChI is InChI=1S/C12H18N2O4S/c1-2-19(17,18)13-8-5-10(6-9-13)14-7-3-4-11(14)12(15)16/h3-4,7,10H,2,5-6,8-9H2,1H3,(H,15,16). The second-order valence-corrected chi connectivity index (χ2v) is 6.89. The minimum Gasteiger partial charge on any atom is -0.477 e. The Morgan fingerprint density at radius 1 is 1.42 bits per heavy atom. The Bertz CT molecular complexity index is 556. The largest absolute Gasteiger partial charge is 0.477 e. The van der Waals surface area contributed by atoms with Gasteiger partial charge in [-0.1, -0.05) is 0 Å². The van der Waals surface area contributed by atoms with E-state index in [1.54, 1.807) is 29.8 Å². The molecule has 0 atom stereocenters. The summed E-state index contributed by atoms with van der Waals surface area (Å²) in [5, 5.41) is 9.08. The van der Waals surface area contributed by atoms with E-state index in [2.05, 4.69) is 0 Å². The summed E-state index contributed by atoms with van der Waals surface area (Å²) in [6.45, 7) is 2.55. The minimum absolute atomic E-state index is 0.0596. The van der Waals surface area contributed by atoms with Crippen molar-refractivity contribution in [1.82, 2.24) is 8.87 Å². The molecular weight excluding hydrogens is 268 g/mol. The predicted molar refractivity (Wildman–Crippen MR) is 70.7 cm³/mol. The molecule has 0 amide bonds. The molecule has 2 heterocycles. The molecule has 7 heteroatoms. The fourth-order valence-corrected chi connectivity index (χ4v) is 3.61. The van der Waals surface area contributed by atoms with Gasteiger partial charge < -0.3 is 9.67 Å². The van der Waals surface area contributed by atoms with Crippen molar-refractivity contribution in [1.29, 1.82) is 0 Å². The lowest BCUT2D eigenvalue weighted by molar-refractivity contribution is 0.0680. The van der Waals surface area contributed by atoms with E-state index in [-0.39, 0.29) is 17.5 Å². The van der Waals surface area contributed by atoms with Crippen molar-refractivity contribution in [3.8, 4) is 0 Å². The van der Waals surface area contributed by atoms with Gasteiger partial charge >= 0.3 is 5.97 Å². The molecule has 0 aliphatic carbocycles. The lowest BCUT2D eigenvalue weighted by atomic mass is 10.1. The molecule has 0 saturated carbocycles. The quantitative estimate of drug-likeness (QED) is 0.901. The van der Waals surface area contributed by atoms with Crippen molar-refractivity contribution in [3.63, 3.8) is 0 Å². The van der Waals surface area contributed by atoms with Crippen LogP contribution in [0.5, 0.6) is 0 Å². The van der Waals surface area contributed by atoms with Gasteiger partial charge in [0, 0.05) is 25.3 Å². The van der Waals surface area contributed by atoms with Gasteiger partial charge in [0.25, 0.3) is 0 Å². The fraction of sp³-hybridized carbons (Fsp3) is 0.583. The first-order valence-electron chi connectivity index (χ1n) is 6.33. The number of aromatic nitrogens is 1. The molecule has 1 aromatic heterocycles. The van der Waals surface area contributed by atoms with Gasteiger partial charge in [-0.3, -0.25) is 0 Å². The summed E-state index contributed by atoms with van der Waals surface area (Å²) in [6.07, 6.45) is 3.04. The van der Waals surface area contributed by atoms with Gasteiger partial charge in [-0.05, 0) is 31.9 Å². The average Bonchev–Trinajstić information content (AvgIpc) is 2.88. The second-order valence-electron chi connectivity index (χ2n) is 4.64. The van der Waals surface area contributed by atoms with Crippen molar-refractivity contribution in [2.45, 2.75) is 25.8 Å². The molecule has 1 aromatic rings. The van der Waals surface area contributed by atoms with Crippen LogP contribution in [0.25, 0.3) is 0 Å².